The zero-order valence-corrected chi connectivity index (χ0v) is 15.9. The van der Waals surface area contributed by atoms with Crippen molar-refractivity contribution in [3.8, 4) is 17.2 Å². The van der Waals surface area contributed by atoms with E-state index in [2.05, 4.69) is 19.2 Å². The van der Waals surface area contributed by atoms with Crippen molar-refractivity contribution in [3.05, 3.63) is 53.6 Å². The van der Waals surface area contributed by atoms with Crippen molar-refractivity contribution in [1.29, 1.82) is 0 Å². The molecule has 0 aliphatic rings. The Bertz CT molecular complexity index is 710. The van der Waals surface area contributed by atoms with E-state index >= 15 is 0 Å². The van der Waals surface area contributed by atoms with Gasteiger partial charge in [0.2, 0.25) is 0 Å². The van der Waals surface area contributed by atoms with Gasteiger partial charge in [-0.2, -0.15) is 0 Å². The molecule has 0 heterocycles. The summed E-state index contributed by atoms with van der Waals surface area (Å²) in [5.41, 5.74) is 2.31. The maximum absolute atomic E-state index is 11.9. The zero-order chi connectivity index (χ0) is 18.9. The minimum atomic E-state index is -0.140. The van der Waals surface area contributed by atoms with Crippen molar-refractivity contribution in [2.45, 2.75) is 26.2 Å². The van der Waals surface area contributed by atoms with Crippen LogP contribution in [0.15, 0.2) is 42.5 Å². The van der Waals surface area contributed by atoms with Gasteiger partial charge >= 0.3 is 0 Å². The summed E-state index contributed by atoms with van der Waals surface area (Å²) in [5, 5.41) is 2.86. The van der Waals surface area contributed by atoms with Gasteiger partial charge < -0.3 is 19.5 Å². The zero-order valence-electron chi connectivity index (χ0n) is 15.9. The summed E-state index contributed by atoms with van der Waals surface area (Å²) in [5.74, 6) is 2.41. The highest BCUT2D eigenvalue weighted by molar-refractivity contribution is 5.77. The molecule has 0 bridgehead atoms. The smallest absolute Gasteiger partial charge is 0.257 e. The summed E-state index contributed by atoms with van der Waals surface area (Å²) in [6.45, 7) is 4.82. The number of amides is 1. The topological polar surface area (TPSA) is 56.8 Å². The summed E-state index contributed by atoms with van der Waals surface area (Å²) >= 11 is 0. The molecule has 0 aliphatic carbocycles. The summed E-state index contributed by atoms with van der Waals surface area (Å²) in [7, 11) is 3.21. The average molecular weight is 357 g/mol. The molecule has 0 aromatic heterocycles. The van der Waals surface area contributed by atoms with Gasteiger partial charge in [-0.25, -0.2) is 0 Å². The number of benzene rings is 2. The highest BCUT2D eigenvalue weighted by Crippen LogP contribution is 2.27. The number of methoxy groups -OCH3 is 2. The van der Waals surface area contributed by atoms with E-state index in [1.807, 2.05) is 42.5 Å². The van der Waals surface area contributed by atoms with Gasteiger partial charge in [-0.1, -0.05) is 32.0 Å². The number of nitrogens with one attached hydrogen (secondary N) is 1. The highest BCUT2D eigenvalue weighted by Gasteiger charge is 2.06. The third kappa shape index (κ3) is 5.69. The van der Waals surface area contributed by atoms with Crippen LogP contribution in [0.2, 0.25) is 0 Å². The molecule has 2 aromatic carbocycles. The lowest BCUT2D eigenvalue weighted by Crippen LogP contribution is -2.30. The highest BCUT2D eigenvalue weighted by atomic mass is 16.5. The number of carbonyl (C=O) groups is 1. The molecular formula is C21H27NO4. The Morgan fingerprint density at radius 1 is 1.00 bits per heavy atom. The standard InChI is InChI=1S/C21H27NO4/c1-15(2)17-6-8-18(9-7-17)26-14-21(23)22-12-11-16-5-10-19(24-3)20(13-16)25-4/h5-10,13,15H,11-12,14H2,1-4H3,(H,22,23). The van der Waals surface area contributed by atoms with E-state index in [4.69, 9.17) is 14.2 Å². The monoisotopic (exact) mass is 357 g/mol. The van der Waals surface area contributed by atoms with Crippen LogP contribution in [0.25, 0.3) is 0 Å². The van der Waals surface area contributed by atoms with Gasteiger partial charge in [-0.05, 0) is 47.7 Å². The molecule has 1 amide bonds. The lowest BCUT2D eigenvalue weighted by Gasteiger charge is -2.11. The summed E-state index contributed by atoms with van der Waals surface area (Å²) < 4.78 is 16.0. The molecule has 0 spiro atoms. The van der Waals surface area contributed by atoms with Crippen molar-refractivity contribution < 1.29 is 19.0 Å². The Hall–Kier alpha value is -2.69. The van der Waals surface area contributed by atoms with Crippen molar-refractivity contribution in [3.63, 3.8) is 0 Å². The summed E-state index contributed by atoms with van der Waals surface area (Å²) in [6, 6.07) is 13.6. The number of hydrogen-bond acceptors (Lipinski definition) is 4. The van der Waals surface area contributed by atoms with E-state index in [9.17, 15) is 4.79 Å². The van der Waals surface area contributed by atoms with Crippen LogP contribution < -0.4 is 19.5 Å². The molecule has 0 fully saturated rings. The van der Waals surface area contributed by atoms with Crippen LogP contribution in [0.1, 0.15) is 30.9 Å². The Morgan fingerprint density at radius 2 is 1.69 bits per heavy atom. The van der Waals surface area contributed by atoms with E-state index in [0.29, 0.717) is 36.1 Å². The first-order valence-electron chi connectivity index (χ1n) is 8.74. The second-order valence-electron chi connectivity index (χ2n) is 6.30. The van der Waals surface area contributed by atoms with Gasteiger partial charge in [0, 0.05) is 6.54 Å². The molecule has 2 aromatic rings. The molecular weight excluding hydrogens is 330 g/mol. The van der Waals surface area contributed by atoms with Gasteiger partial charge in [0.05, 0.1) is 14.2 Å². The fourth-order valence-electron chi connectivity index (χ4n) is 2.53. The summed E-state index contributed by atoms with van der Waals surface area (Å²) in [6.07, 6.45) is 0.704. The normalized spacial score (nSPS) is 10.5. The SMILES string of the molecule is COc1ccc(CCNC(=O)COc2ccc(C(C)C)cc2)cc1OC. The molecule has 0 saturated carbocycles. The van der Waals surface area contributed by atoms with Gasteiger partial charge in [-0.3, -0.25) is 4.79 Å². The van der Waals surface area contributed by atoms with Crippen LogP contribution in [0, 0.1) is 0 Å². The fourth-order valence-corrected chi connectivity index (χ4v) is 2.53. The minimum absolute atomic E-state index is 0.00690. The first-order valence-corrected chi connectivity index (χ1v) is 8.74. The van der Waals surface area contributed by atoms with Crippen molar-refractivity contribution >= 4 is 5.91 Å². The van der Waals surface area contributed by atoms with Crippen molar-refractivity contribution in [2.75, 3.05) is 27.4 Å². The predicted octanol–water partition coefficient (Wildman–Crippen LogP) is 3.56. The van der Waals surface area contributed by atoms with E-state index in [1.165, 1.54) is 5.56 Å². The summed E-state index contributed by atoms with van der Waals surface area (Å²) in [4.78, 5) is 11.9. The van der Waals surface area contributed by atoms with E-state index in [1.54, 1.807) is 14.2 Å². The maximum atomic E-state index is 11.9. The van der Waals surface area contributed by atoms with Crippen LogP contribution >= 0.6 is 0 Å². The van der Waals surface area contributed by atoms with E-state index < -0.39 is 0 Å². The van der Waals surface area contributed by atoms with E-state index in [0.717, 1.165) is 5.56 Å². The lowest BCUT2D eigenvalue weighted by atomic mass is 10.0. The molecule has 0 radical (unpaired) electrons. The Morgan fingerprint density at radius 3 is 2.31 bits per heavy atom. The molecule has 0 saturated heterocycles. The van der Waals surface area contributed by atoms with Crippen LogP contribution in [0.5, 0.6) is 17.2 Å². The molecule has 2 rings (SSSR count). The number of ether oxygens (including phenoxy) is 3. The number of hydrogen-bond donors (Lipinski definition) is 1. The van der Waals surface area contributed by atoms with Crippen LogP contribution in [0.4, 0.5) is 0 Å². The first kappa shape index (κ1) is 19.6. The molecule has 1 N–H and O–H groups in total. The van der Waals surface area contributed by atoms with Crippen molar-refractivity contribution in [2.24, 2.45) is 0 Å². The third-order valence-electron chi connectivity index (χ3n) is 4.10. The Labute approximate surface area is 155 Å². The molecule has 0 unspecified atom stereocenters. The predicted molar refractivity (Wildman–Crippen MR) is 102 cm³/mol. The molecule has 140 valence electrons. The average Bonchev–Trinajstić information content (AvgIpc) is 2.66. The van der Waals surface area contributed by atoms with Gasteiger partial charge in [0.1, 0.15) is 5.75 Å². The second-order valence-corrected chi connectivity index (χ2v) is 6.30. The molecule has 0 atom stereocenters. The van der Waals surface area contributed by atoms with Gasteiger partial charge in [-0.15, -0.1) is 0 Å². The molecule has 0 aliphatic heterocycles. The maximum Gasteiger partial charge on any atom is 0.257 e. The van der Waals surface area contributed by atoms with Crippen molar-refractivity contribution in [1.82, 2.24) is 5.32 Å². The fraction of sp³-hybridized carbons (Fsp3) is 0.381. The van der Waals surface area contributed by atoms with Gasteiger partial charge in [0.15, 0.2) is 18.1 Å². The lowest BCUT2D eigenvalue weighted by molar-refractivity contribution is -0.123. The Balaban J connectivity index is 1.75. The third-order valence-corrected chi connectivity index (χ3v) is 4.10. The largest absolute Gasteiger partial charge is 0.493 e. The van der Waals surface area contributed by atoms with Crippen LogP contribution in [0.3, 0.4) is 0 Å². The molecule has 5 nitrogen and oxygen atoms in total. The molecule has 26 heavy (non-hydrogen) atoms. The van der Waals surface area contributed by atoms with Crippen LogP contribution in [-0.4, -0.2) is 33.3 Å². The Kier molecular flexibility index (Phi) is 7.33. The number of rotatable bonds is 9. The van der Waals surface area contributed by atoms with Gasteiger partial charge in [0.25, 0.3) is 5.91 Å². The van der Waals surface area contributed by atoms with Crippen LogP contribution in [-0.2, 0) is 11.2 Å². The van der Waals surface area contributed by atoms with E-state index in [-0.39, 0.29) is 12.5 Å². The molecule has 5 heteroatoms. The second kappa shape index (κ2) is 9.70. The number of carbonyl (C=O) groups excluding carboxylic acids is 1. The quantitative estimate of drug-likeness (QED) is 0.745. The minimum Gasteiger partial charge on any atom is -0.493 e. The first-order chi connectivity index (χ1) is 12.5.